The molecular weight excluding hydrogens is 144 g/mol. The molecule has 0 amide bonds. The fourth-order valence-electron chi connectivity index (χ4n) is 1.24. The minimum Gasteiger partial charge on any atom is -0.399 e. The molecule has 0 spiro atoms. The molecule has 1 heterocycles. The molecule has 0 aliphatic heterocycles. The molecule has 0 unspecified atom stereocenters. The molecule has 2 rings (SSSR count). The molecule has 0 radical (unpaired) electrons. The molecule has 0 fully saturated rings. The Morgan fingerprint density at radius 3 is 3.36 bits per heavy atom. The van der Waals surface area contributed by atoms with Crippen LogP contribution in [-0.2, 0) is 11.3 Å². The Labute approximate surface area is 63.8 Å². The third-order valence-electron chi connectivity index (χ3n) is 1.74. The third-order valence-corrected chi connectivity index (χ3v) is 1.74. The zero-order valence-electron chi connectivity index (χ0n) is 6.20. The first-order chi connectivity index (χ1) is 5.42. The topological polar surface area (TPSA) is 47.6 Å². The van der Waals surface area contributed by atoms with Gasteiger partial charge in [-0.05, 0) is 6.42 Å². The first-order valence-electron chi connectivity index (χ1n) is 3.46. The molecular formula is C7H8N2O2. The van der Waals surface area contributed by atoms with Gasteiger partial charge < -0.3 is 9.36 Å². The number of aryl methyl sites for hydroxylation is 1. The van der Waals surface area contributed by atoms with E-state index < -0.39 is 0 Å². The summed E-state index contributed by atoms with van der Waals surface area (Å²) in [5.74, 6) is 0.784. The SMILES string of the molecule is CON=C1CCc2cnoc21. The molecule has 11 heavy (non-hydrogen) atoms. The van der Waals surface area contributed by atoms with Gasteiger partial charge in [-0.15, -0.1) is 0 Å². The van der Waals surface area contributed by atoms with Gasteiger partial charge in [-0.2, -0.15) is 0 Å². The highest BCUT2D eigenvalue weighted by atomic mass is 16.6. The van der Waals surface area contributed by atoms with Crippen LogP contribution in [0, 0.1) is 0 Å². The quantitative estimate of drug-likeness (QED) is 0.563. The van der Waals surface area contributed by atoms with Crippen LogP contribution in [0.1, 0.15) is 17.7 Å². The number of aromatic nitrogens is 1. The maximum atomic E-state index is 4.98. The zero-order chi connectivity index (χ0) is 7.68. The fraction of sp³-hybridized carbons (Fsp3) is 0.429. The van der Waals surface area contributed by atoms with Gasteiger partial charge in [0.05, 0.1) is 6.20 Å². The van der Waals surface area contributed by atoms with Crippen molar-refractivity contribution in [2.75, 3.05) is 7.11 Å². The summed E-state index contributed by atoms with van der Waals surface area (Å²) in [5, 5.41) is 7.48. The second kappa shape index (κ2) is 2.38. The summed E-state index contributed by atoms with van der Waals surface area (Å²) < 4.78 is 4.98. The summed E-state index contributed by atoms with van der Waals surface area (Å²) in [6.45, 7) is 0. The van der Waals surface area contributed by atoms with Crippen molar-refractivity contribution in [3.05, 3.63) is 17.5 Å². The van der Waals surface area contributed by atoms with E-state index >= 15 is 0 Å². The molecule has 0 saturated carbocycles. The van der Waals surface area contributed by atoms with Crippen molar-refractivity contribution in [2.45, 2.75) is 12.8 Å². The van der Waals surface area contributed by atoms with Crippen LogP contribution < -0.4 is 0 Å². The predicted octanol–water partition coefficient (Wildman–Crippen LogP) is 0.971. The molecule has 1 aliphatic rings. The van der Waals surface area contributed by atoms with Crippen molar-refractivity contribution in [2.24, 2.45) is 5.16 Å². The number of hydrogen-bond acceptors (Lipinski definition) is 4. The number of hydrogen-bond donors (Lipinski definition) is 0. The van der Waals surface area contributed by atoms with Crippen molar-refractivity contribution >= 4 is 5.71 Å². The van der Waals surface area contributed by atoms with Crippen molar-refractivity contribution in [1.82, 2.24) is 5.16 Å². The molecule has 1 aromatic rings. The molecule has 4 nitrogen and oxygen atoms in total. The maximum absolute atomic E-state index is 4.98. The van der Waals surface area contributed by atoms with Gasteiger partial charge in [0.2, 0.25) is 0 Å². The van der Waals surface area contributed by atoms with E-state index in [2.05, 4.69) is 15.1 Å². The van der Waals surface area contributed by atoms with Crippen molar-refractivity contribution in [1.29, 1.82) is 0 Å². The Bertz CT molecular complexity index is 290. The Hall–Kier alpha value is -1.32. The molecule has 0 bridgehead atoms. The summed E-state index contributed by atoms with van der Waals surface area (Å²) in [7, 11) is 1.53. The molecule has 0 atom stereocenters. The lowest BCUT2D eigenvalue weighted by Gasteiger charge is -1.90. The second-order valence-corrected chi connectivity index (χ2v) is 2.40. The first kappa shape index (κ1) is 6.39. The minimum absolute atomic E-state index is 0.784. The Morgan fingerprint density at radius 1 is 1.64 bits per heavy atom. The highest BCUT2D eigenvalue weighted by molar-refractivity contribution is 6.01. The van der Waals surface area contributed by atoms with E-state index in [4.69, 9.17) is 4.52 Å². The normalized spacial score (nSPS) is 18.8. The number of oxime groups is 1. The van der Waals surface area contributed by atoms with Gasteiger partial charge in [0.15, 0.2) is 5.76 Å². The molecule has 1 aromatic heterocycles. The number of nitrogens with zero attached hydrogens (tertiary/aromatic N) is 2. The van der Waals surface area contributed by atoms with E-state index in [1.165, 1.54) is 7.11 Å². The van der Waals surface area contributed by atoms with Gasteiger partial charge in [-0.3, -0.25) is 0 Å². The highest BCUT2D eigenvalue weighted by Gasteiger charge is 2.22. The highest BCUT2D eigenvalue weighted by Crippen LogP contribution is 2.21. The van der Waals surface area contributed by atoms with E-state index in [0.717, 1.165) is 29.9 Å². The molecule has 58 valence electrons. The van der Waals surface area contributed by atoms with E-state index in [0.29, 0.717) is 0 Å². The fourth-order valence-corrected chi connectivity index (χ4v) is 1.24. The summed E-state index contributed by atoms with van der Waals surface area (Å²) >= 11 is 0. The molecule has 0 aromatic carbocycles. The van der Waals surface area contributed by atoms with E-state index in [9.17, 15) is 0 Å². The van der Waals surface area contributed by atoms with Gasteiger partial charge >= 0.3 is 0 Å². The van der Waals surface area contributed by atoms with Crippen molar-refractivity contribution in [3.8, 4) is 0 Å². The Balaban J connectivity index is 2.38. The third kappa shape index (κ3) is 0.906. The van der Waals surface area contributed by atoms with Crippen LogP contribution in [0.5, 0.6) is 0 Å². The predicted molar refractivity (Wildman–Crippen MR) is 38.4 cm³/mol. The summed E-state index contributed by atoms with van der Waals surface area (Å²) in [6.07, 6.45) is 3.58. The van der Waals surface area contributed by atoms with Crippen LogP contribution in [0.2, 0.25) is 0 Å². The van der Waals surface area contributed by atoms with E-state index in [1.807, 2.05) is 0 Å². The average molecular weight is 152 g/mol. The standard InChI is InChI=1S/C7H8N2O2/c1-10-9-6-3-2-5-4-8-11-7(5)6/h4H,2-3H2,1H3. The minimum atomic E-state index is 0.784. The average Bonchev–Trinajstić information content (AvgIpc) is 2.53. The van der Waals surface area contributed by atoms with Crippen LogP contribution in [0.3, 0.4) is 0 Å². The van der Waals surface area contributed by atoms with E-state index in [1.54, 1.807) is 6.20 Å². The van der Waals surface area contributed by atoms with Gasteiger partial charge in [0, 0.05) is 12.0 Å². The Kier molecular flexibility index (Phi) is 1.38. The zero-order valence-corrected chi connectivity index (χ0v) is 6.20. The van der Waals surface area contributed by atoms with Gasteiger partial charge in [0.1, 0.15) is 12.8 Å². The maximum Gasteiger partial charge on any atom is 0.187 e. The van der Waals surface area contributed by atoms with Gasteiger partial charge in [-0.25, -0.2) is 0 Å². The first-order valence-corrected chi connectivity index (χ1v) is 3.46. The molecule has 0 N–H and O–H groups in total. The lowest BCUT2D eigenvalue weighted by Crippen LogP contribution is -1.93. The van der Waals surface area contributed by atoms with Crippen LogP contribution in [0.4, 0.5) is 0 Å². The molecule has 1 aliphatic carbocycles. The van der Waals surface area contributed by atoms with Crippen LogP contribution in [-0.4, -0.2) is 18.0 Å². The van der Waals surface area contributed by atoms with Gasteiger partial charge in [-0.1, -0.05) is 10.3 Å². The molecule has 0 saturated heterocycles. The van der Waals surface area contributed by atoms with Crippen LogP contribution in [0.15, 0.2) is 15.9 Å². The summed E-state index contributed by atoms with van der Waals surface area (Å²) in [4.78, 5) is 4.65. The van der Waals surface area contributed by atoms with Crippen molar-refractivity contribution < 1.29 is 9.36 Å². The van der Waals surface area contributed by atoms with E-state index in [-0.39, 0.29) is 0 Å². The smallest absolute Gasteiger partial charge is 0.187 e. The summed E-state index contributed by atoms with van der Waals surface area (Å²) in [6, 6.07) is 0. The summed E-state index contributed by atoms with van der Waals surface area (Å²) in [5.41, 5.74) is 1.99. The largest absolute Gasteiger partial charge is 0.399 e. The van der Waals surface area contributed by atoms with Crippen molar-refractivity contribution in [3.63, 3.8) is 0 Å². The monoisotopic (exact) mass is 152 g/mol. The Morgan fingerprint density at radius 2 is 2.55 bits per heavy atom. The second-order valence-electron chi connectivity index (χ2n) is 2.40. The van der Waals surface area contributed by atoms with Crippen LogP contribution >= 0.6 is 0 Å². The number of rotatable bonds is 1. The lowest BCUT2D eigenvalue weighted by atomic mass is 10.3. The molecule has 4 heteroatoms. The lowest BCUT2D eigenvalue weighted by molar-refractivity contribution is 0.212. The van der Waals surface area contributed by atoms with Crippen LogP contribution in [0.25, 0.3) is 0 Å². The van der Waals surface area contributed by atoms with Gasteiger partial charge in [0.25, 0.3) is 0 Å². The number of fused-ring (bicyclic) bond motifs is 1.